The van der Waals surface area contributed by atoms with E-state index < -0.39 is 11.7 Å². The highest BCUT2D eigenvalue weighted by Crippen LogP contribution is 2.29. The van der Waals surface area contributed by atoms with Gasteiger partial charge in [0.1, 0.15) is 0 Å². The van der Waals surface area contributed by atoms with Gasteiger partial charge >= 0.3 is 6.18 Å². The summed E-state index contributed by atoms with van der Waals surface area (Å²) in [6, 6.07) is 13.1. The molecule has 0 fully saturated rings. The van der Waals surface area contributed by atoms with Crippen LogP contribution in [0.1, 0.15) is 16.7 Å². The van der Waals surface area contributed by atoms with E-state index in [1.54, 1.807) is 13.1 Å². The zero-order chi connectivity index (χ0) is 20.7. The highest BCUT2D eigenvalue weighted by molar-refractivity contribution is 5.83. The summed E-state index contributed by atoms with van der Waals surface area (Å²) in [6.07, 6.45) is -1.55. The molecule has 1 heterocycles. The summed E-state index contributed by atoms with van der Waals surface area (Å²) in [4.78, 5) is 7.38. The number of aromatic nitrogens is 1. The Hall–Kier alpha value is -3.40. The maximum atomic E-state index is 12.7. The topological polar surface area (TPSA) is 52.2 Å². The smallest absolute Gasteiger partial charge is 0.361 e. The number of nitrogens with zero attached hydrogens (tertiary/aromatic N) is 1. The minimum absolute atomic E-state index is 0.267. The Kier molecular flexibility index (Phi) is 6.45. The van der Waals surface area contributed by atoms with Gasteiger partial charge in [0.2, 0.25) is 0 Å². The number of benzene rings is 2. The Balaban J connectivity index is 1.49. The summed E-state index contributed by atoms with van der Waals surface area (Å²) >= 11 is 0. The Bertz CT molecular complexity index is 1050. The molecule has 0 aliphatic carbocycles. The highest BCUT2D eigenvalue weighted by Gasteiger charge is 2.30. The second kappa shape index (κ2) is 9.20. The third-order valence-corrected chi connectivity index (χ3v) is 4.35. The summed E-state index contributed by atoms with van der Waals surface area (Å²) in [6.45, 7) is 0.950. The van der Waals surface area contributed by atoms with Crippen LogP contribution < -0.4 is 10.6 Å². The third kappa shape index (κ3) is 5.55. The van der Waals surface area contributed by atoms with E-state index in [0.29, 0.717) is 18.1 Å². The van der Waals surface area contributed by atoms with Gasteiger partial charge in [-0.15, -0.1) is 0 Å². The number of guanidine groups is 1. The molecule has 0 saturated heterocycles. The molecule has 7 heteroatoms. The van der Waals surface area contributed by atoms with Crippen molar-refractivity contribution in [2.24, 2.45) is 4.99 Å². The van der Waals surface area contributed by atoms with Gasteiger partial charge < -0.3 is 15.6 Å². The molecule has 2 aromatic carbocycles. The molecular formula is C22H21F3N4. The van der Waals surface area contributed by atoms with E-state index in [1.807, 2.05) is 24.4 Å². The fourth-order valence-corrected chi connectivity index (χ4v) is 2.92. The van der Waals surface area contributed by atoms with E-state index in [2.05, 4.69) is 38.5 Å². The molecule has 1 aromatic heterocycles. The number of alkyl halides is 3. The first-order chi connectivity index (χ1) is 14.0. The number of para-hydroxylation sites is 1. The van der Waals surface area contributed by atoms with Gasteiger partial charge in [0.15, 0.2) is 5.96 Å². The number of H-pyrrole nitrogens is 1. The Morgan fingerprint density at radius 3 is 2.72 bits per heavy atom. The molecular weight excluding hydrogens is 377 g/mol. The zero-order valence-electron chi connectivity index (χ0n) is 15.9. The summed E-state index contributed by atoms with van der Waals surface area (Å²) in [5.74, 6) is 6.14. The number of hydrogen-bond donors (Lipinski definition) is 3. The van der Waals surface area contributed by atoms with E-state index in [1.165, 1.54) is 17.0 Å². The maximum Gasteiger partial charge on any atom is 0.416 e. The largest absolute Gasteiger partial charge is 0.416 e. The summed E-state index contributed by atoms with van der Waals surface area (Å²) < 4.78 is 38.2. The average molecular weight is 398 g/mol. The van der Waals surface area contributed by atoms with Gasteiger partial charge in [-0.2, -0.15) is 13.2 Å². The number of aliphatic imine (C=N–C) groups is 1. The predicted octanol–water partition coefficient (Wildman–Crippen LogP) is 3.95. The van der Waals surface area contributed by atoms with Crippen LogP contribution in [0.3, 0.4) is 0 Å². The van der Waals surface area contributed by atoms with Crippen LogP contribution >= 0.6 is 0 Å². The molecule has 150 valence electrons. The first kappa shape index (κ1) is 20.3. The van der Waals surface area contributed by atoms with Gasteiger partial charge in [0, 0.05) is 36.3 Å². The molecule has 0 radical (unpaired) electrons. The first-order valence-electron chi connectivity index (χ1n) is 9.13. The van der Waals surface area contributed by atoms with Crippen molar-refractivity contribution in [3.63, 3.8) is 0 Å². The van der Waals surface area contributed by atoms with Crippen LogP contribution in [0.25, 0.3) is 10.9 Å². The van der Waals surface area contributed by atoms with Crippen LogP contribution in [0.5, 0.6) is 0 Å². The van der Waals surface area contributed by atoms with Gasteiger partial charge in [0.05, 0.1) is 12.1 Å². The maximum absolute atomic E-state index is 12.7. The molecule has 0 spiro atoms. The molecule has 0 aliphatic rings. The fraction of sp³-hybridized carbons (Fsp3) is 0.227. The molecule has 4 nitrogen and oxygen atoms in total. The number of fused-ring (bicyclic) bond motifs is 1. The lowest BCUT2D eigenvalue weighted by molar-refractivity contribution is -0.137. The van der Waals surface area contributed by atoms with Gasteiger partial charge in [0.25, 0.3) is 0 Å². The minimum atomic E-state index is -4.37. The normalized spacial score (nSPS) is 11.8. The Morgan fingerprint density at radius 1 is 1.10 bits per heavy atom. The summed E-state index contributed by atoms with van der Waals surface area (Å²) in [5.41, 5.74) is 1.94. The van der Waals surface area contributed by atoms with Crippen molar-refractivity contribution in [1.29, 1.82) is 0 Å². The molecule has 0 bridgehead atoms. The second-order valence-corrected chi connectivity index (χ2v) is 6.34. The van der Waals surface area contributed by atoms with Gasteiger partial charge in [-0.25, -0.2) is 0 Å². The predicted molar refractivity (Wildman–Crippen MR) is 110 cm³/mol. The number of nitrogens with one attached hydrogen (secondary N) is 3. The van der Waals surface area contributed by atoms with Crippen molar-refractivity contribution < 1.29 is 13.2 Å². The van der Waals surface area contributed by atoms with Crippen molar-refractivity contribution >= 4 is 16.9 Å². The monoisotopic (exact) mass is 398 g/mol. The lowest BCUT2D eigenvalue weighted by atomic mass is 10.1. The lowest BCUT2D eigenvalue weighted by Gasteiger charge is -2.09. The lowest BCUT2D eigenvalue weighted by Crippen LogP contribution is -2.38. The van der Waals surface area contributed by atoms with Gasteiger partial charge in [-0.05, 0) is 36.2 Å². The molecule has 0 saturated carbocycles. The minimum Gasteiger partial charge on any atom is -0.361 e. The zero-order valence-corrected chi connectivity index (χ0v) is 15.9. The third-order valence-electron chi connectivity index (χ3n) is 4.35. The van der Waals surface area contributed by atoms with Crippen LogP contribution in [-0.4, -0.2) is 31.1 Å². The summed E-state index contributed by atoms with van der Waals surface area (Å²) in [7, 11) is 1.65. The van der Waals surface area contributed by atoms with Crippen LogP contribution in [0.4, 0.5) is 13.2 Å². The summed E-state index contributed by atoms with van der Waals surface area (Å²) in [5, 5.41) is 7.44. The average Bonchev–Trinajstić information content (AvgIpc) is 3.12. The van der Waals surface area contributed by atoms with E-state index in [4.69, 9.17) is 0 Å². The first-order valence-corrected chi connectivity index (χ1v) is 9.13. The van der Waals surface area contributed by atoms with E-state index >= 15 is 0 Å². The van der Waals surface area contributed by atoms with E-state index in [9.17, 15) is 13.2 Å². The van der Waals surface area contributed by atoms with Crippen LogP contribution in [-0.2, 0) is 12.6 Å². The molecule has 29 heavy (non-hydrogen) atoms. The van der Waals surface area contributed by atoms with Crippen molar-refractivity contribution in [2.75, 3.05) is 20.1 Å². The highest BCUT2D eigenvalue weighted by atomic mass is 19.4. The molecule has 0 atom stereocenters. The Labute approximate surface area is 167 Å². The molecule has 3 N–H and O–H groups in total. The fourth-order valence-electron chi connectivity index (χ4n) is 2.92. The van der Waals surface area contributed by atoms with E-state index in [0.717, 1.165) is 24.1 Å². The molecule has 0 unspecified atom stereocenters. The second-order valence-electron chi connectivity index (χ2n) is 6.34. The van der Waals surface area contributed by atoms with Crippen LogP contribution in [0, 0.1) is 11.8 Å². The van der Waals surface area contributed by atoms with Crippen molar-refractivity contribution in [3.05, 3.63) is 71.4 Å². The van der Waals surface area contributed by atoms with E-state index in [-0.39, 0.29) is 6.54 Å². The van der Waals surface area contributed by atoms with Crippen molar-refractivity contribution in [1.82, 2.24) is 15.6 Å². The molecule has 3 aromatic rings. The SMILES string of the molecule is CN=C(NCC#Cc1cccc(C(F)(F)F)c1)NCCc1c[nH]c2ccccc12. The quantitative estimate of drug-likeness (QED) is 0.354. The van der Waals surface area contributed by atoms with Crippen molar-refractivity contribution in [3.8, 4) is 11.8 Å². The number of hydrogen-bond acceptors (Lipinski definition) is 1. The molecule has 3 rings (SSSR count). The Morgan fingerprint density at radius 2 is 1.93 bits per heavy atom. The van der Waals surface area contributed by atoms with Crippen LogP contribution in [0.2, 0.25) is 0 Å². The molecule has 0 amide bonds. The molecule has 0 aliphatic heterocycles. The number of rotatable bonds is 4. The van der Waals surface area contributed by atoms with Crippen LogP contribution in [0.15, 0.2) is 59.7 Å². The standard InChI is InChI=1S/C22H21F3N4/c1-26-21(28-13-11-17-15-29-20-10-3-2-9-19(17)20)27-12-5-7-16-6-4-8-18(14-16)22(23,24)25/h2-4,6,8-10,14-15,29H,11-13H2,1H3,(H2,26,27,28). The van der Waals surface area contributed by atoms with Crippen molar-refractivity contribution in [2.45, 2.75) is 12.6 Å². The van der Waals surface area contributed by atoms with Gasteiger partial charge in [-0.3, -0.25) is 4.99 Å². The van der Waals surface area contributed by atoms with Gasteiger partial charge in [-0.1, -0.05) is 36.1 Å². The number of aromatic amines is 1. The number of halogens is 3.